The van der Waals surface area contributed by atoms with Gasteiger partial charge >= 0.3 is 0 Å². The van der Waals surface area contributed by atoms with Crippen LogP contribution in [-0.2, 0) is 9.84 Å². The molecule has 1 aromatic rings. The molecule has 2 atom stereocenters. The minimum Gasteiger partial charge on any atom is -0.386 e. The van der Waals surface area contributed by atoms with E-state index in [1.807, 2.05) is 0 Å². The van der Waals surface area contributed by atoms with Crippen LogP contribution in [0, 0.1) is 0 Å². The van der Waals surface area contributed by atoms with E-state index in [1.54, 1.807) is 38.1 Å². The molecule has 2 unspecified atom stereocenters. The van der Waals surface area contributed by atoms with Crippen LogP contribution in [0.5, 0.6) is 0 Å². The zero-order chi connectivity index (χ0) is 14.0. The first-order valence-corrected chi connectivity index (χ1v) is 8.45. The van der Waals surface area contributed by atoms with Crippen LogP contribution in [0.2, 0.25) is 5.02 Å². The average Bonchev–Trinajstić information content (AvgIpc) is 2.36. The number of rotatable bonds is 5. The molecule has 0 bridgehead atoms. The first-order chi connectivity index (χ1) is 8.28. The summed E-state index contributed by atoms with van der Waals surface area (Å²) < 4.78 is 22.8. The molecule has 0 fully saturated rings. The molecule has 0 aliphatic carbocycles. The molecule has 1 aromatic carbocycles. The maximum atomic E-state index is 12.1. The highest BCUT2D eigenvalue weighted by atomic mass is 79.9. The van der Waals surface area contributed by atoms with Crippen LogP contribution in [0.25, 0.3) is 0 Å². The third-order valence-electron chi connectivity index (χ3n) is 2.95. The van der Waals surface area contributed by atoms with Gasteiger partial charge in [-0.2, -0.15) is 0 Å². The highest BCUT2D eigenvalue weighted by Gasteiger charge is 2.45. The molecule has 1 N–H and O–H groups in total. The fourth-order valence-electron chi connectivity index (χ4n) is 1.75. The summed E-state index contributed by atoms with van der Waals surface area (Å²) in [6.45, 7) is 3.28. The fourth-order valence-corrected chi connectivity index (χ4v) is 4.29. The summed E-state index contributed by atoms with van der Waals surface area (Å²) in [7, 11) is -3.45. The van der Waals surface area contributed by atoms with Crippen LogP contribution in [0.1, 0.15) is 31.9 Å². The van der Waals surface area contributed by atoms with Gasteiger partial charge in [0, 0.05) is 10.8 Å². The van der Waals surface area contributed by atoms with Gasteiger partial charge in [0.25, 0.3) is 0 Å². The van der Waals surface area contributed by atoms with Gasteiger partial charge in [-0.15, -0.1) is 0 Å². The van der Waals surface area contributed by atoms with E-state index in [-0.39, 0.29) is 12.2 Å². The molecule has 0 amide bonds. The molecule has 0 aliphatic heterocycles. The smallest absolute Gasteiger partial charge is 0.168 e. The van der Waals surface area contributed by atoms with E-state index >= 15 is 0 Å². The Hall–Kier alpha value is -0.100. The van der Waals surface area contributed by atoms with Gasteiger partial charge in [0.05, 0.1) is 0 Å². The summed E-state index contributed by atoms with van der Waals surface area (Å²) in [6.07, 6.45) is -0.900. The van der Waals surface area contributed by atoms with Gasteiger partial charge in [0.1, 0.15) is 6.10 Å². The van der Waals surface area contributed by atoms with Crippen molar-refractivity contribution in [2.45, 2.75) is 30.0 Å². The molecule has 0 radical (unpaired) electrons. The monoisotopic (exact) mass is 354 g/mol. The number of sulfone groups is 1. The number of hydrogen-bond donors (Lipinski definition) is 1. The Morgan fingerprint density at radius 1 is 1.44 bits per heavy atom. The van der Waals surface area contributed by atoms with E-state index in [4.69, 9.17) is 11.6 Å². The van der Waals surface area contributed by atoms with E-state index in [2.05, 4.69) is 15.9 Å². The van der Waals surface area contributed by atoms with Gasteiger partial charge in [-0.25, -0.2) is 8.42 Å². The van der Waals surface area contributed by atoms with Crippen molar-refractivity contribution in [1.29, 1.82) is 0 Å². The van der Waals surface area contributed by atoms with Gasteiger partial charge < -0.3 is 5.11 Å². The van der Waals surface area contributed by atoms with Crippen molar-refractivity contribution in [3.05, 3.63) is 34.9 Å². The Morgan fingerprint density at radius 3 is 2.50 bits per heavy atom. The SMILES string of the molecule is CCC(Br)(C(O)c1cccc(Cl)c1)S(=O)(=O)CC. The van der Waals surface area contributed by atoms with Gasteiger partial charge in [-0.3, -0.25) is 0 Å². The molecular weight excluding hydrogens is 340 g/mol. The van der Waals surface area contributed by atoms with Crippen molar-refractivity contribution in [1.82, 2.24) is 0 Å². The van der Waals surface area contributed by atoms with Gasteiger partial charge in [-0.05, 0) is 24.1 Å². The zero-order valence-corrected chi connectivity index (χ0v) is 13.4. The minimum atomic E-state index is -3.45. The second-order valence-corrected chi connectivity index (χ2v) is 8.91. The number of aliphatic hydroxyl groups excluding tert-OH is 1. The number of benzene rings is 1. The highest BCUT2D eigenvalue weighted by molar-refractivity contribution is 9.11. The van der Waals surface area contributed by atoms with Crippen molar-refractivity contribution in [2.24, 2.45) is 0 Å². The Bertz CT molecular complexity index is 518. The van der Waals surface area contributed by atoms with Crippen molar-refractivity contribution in [3.8, 4) is 0 Å². The number of halogens is 2. The predicted octanol–water partition coefficient (Wildman–Crippen LogP) is 3.31. The van der Waals surface area contributed by atoms with Crippen molar-refractivity contribution < 1.29 is 13.5 Å². The van der Waals surface area contributed by atoms with E-state index in [0.717, 1.165) is 0 Å². The van der Waals surface area contributed by atoms with Gasteiger partial charge in [0.2, 0.25) is 0 Å². The van der Waals surface area contributed by atoms with Crippen LogP contribution in [0.3, 0.4) is 0 Å². The molecule has 0 saturated heterocycles. The minimum absolute atomic E-state index is 0.0380. The highest BCUT2D eigenvalue weighted by Crippen LogP contribution is 2.42. The predicted molar refractivity (Wildman–Crippen MR) is 77.8 cm³/mol. The standard InChI is InChI=1S/C12H16BrClO3S/c1-3-12(13,18(16,17)4-2)11(15)9-6-5-7-10(14)8-9/h5-8,11,15H,3-4H2,1-2H3. The summed E-state index contributed by atoms with van der Waals surface area (Å²) in [4.78, 5) is 0. The molecule has 6 heteroatoms. The normalized spacial score (nSPS) is 17.2. The van der Waals surface area contributed by atoms with E-state index in [1.165, 1.54) is 0 Å². The lowest BCUT2D eigenvalue weighted by molar-refractivity contribution is 0.160. The van der Waals surface area contributed by atoms with E-state index in [0.29, 0.717) is 10.6 Å². The van der Waals surface area contributed by atoms with E-state index < -0.39 is 19.6 Å². The molecule has 3 nitrogen and oxygen atoms in total. The Labute approximate surface area is 121 Å². The Morgan fingerprint density at radius 2 is 2.06 bits per heavy atom. The molecule has 102 valence electrons. The van der Waals surface area contributed by atoms with Crippen LogP contribution < -0.4 is 0 Å². The van der Waals surface area contributed by atoms with Crippen LogP contribution in [0.4, 0.5) is 0 Å². The molecule has 18 heavy (non-hydrogen) atoms. The Balaban J connectivity index is 3.26. The topological polar surface area (TPSA) is 54.4 Å². The molecule has 0 heterocycles. The van der Waals surface area contributed by atoms with E-state index in [9.17, 15) is 13.5 Å². The molecule has 0 spiro atoms. The van der Waals surface area contributed by atoms with Crippen LogP contribution >= 0.6 is 27.5 Å². The molecule has 0 saturated carbocycles. The third-order valence-corrected chi connectivity index (χ3v) is 7.97. The van der Waals surface area contributed by atoms with Gasteiger partial charge in [-0.1, -0.05) is 53.5 Å². The number of aliphatic hydroxyl groups is 1. The maximum Gasteiger partial charge on any atom is 0.168 e. The fraction of sp³-hybridized carbons (Fsp3) is 0.500. The zero-order valence-electron chi connectivity index (χ0n) is 10.2. The van der Waals surface area contributed by atoms with Crippen LogP contribution in [0.15, 0.2) is 24.3 Å². The summed E-state index contributed by atoms with van der Waals surface area (Å²) >= 11 is 9.07. The molecule has 0 aromatic heterocycles. The largest absolute Gasteiger partial charge is 0.386 e. The molecule has 0 aliphatic rings. The van der Waals surface area contributed by atoms with Crippen molar-refractivity contribution in [3.63, 3.8) is 0 Å². The molecular formula is C12H16BrClO3S. The maximum absolute atomic E-state index is 12.1. The second-order valence-electron chi connectivity index (χ2n) is 4.00. The summed E-state index contributed by atoms with van der Waals surface area (Å²) in [5.41, 5.74) is 0.484. The van der Waals surface area contributed by atoms with Crippen molar-refractivity contribution in [2.75, 3.05) is 5.75 Å². The second kappa shape index (κ2) is 5.90. The third kappa shape index (κ3) is 2.90. The Kier molecular flexibility index (Phi) is 5.23. The molecule has 1 rings (SSSR count). The summed E-state index contributed by atoms with van der Waals surface area (Å²) in [5, 5.41) is 10.8. The average molecular weight is 356 g/mol. The first kappa shape index (κ1) is 16.0. The van der Waals surface area contributed by atoms with Crippen LogP contribution in [-0.4, -0.2) is 22.9 Å². The lowest BCUT2D eigenvalue weighted by Crippen LogP contribution is -2.39. The number of hydrogen-bond acceptors (Lipinski definition) is 3. The summed E-state index contributed by atoms with van der Waals surface area (Å²) in [5.74, 6) is -0.0380. The summed E-state index contributed by atoms with van der Waals surface area (Å²) in [6, 6.07) is 6.59. The first-order valence-electron chi connectivity index (χ1n) is 5.63. The van der Waals surface area contributed by atoms with Gasteiger partial charge in [0.15, 0.2) is 13.5 Å². The van der Waals surface area contributed by atoms with Crippen molar-refractivity contribution >= 4 is 37.4 Å². The lowest BCUT2D eigenvalue weighted by Gasteiger charge is -2.31. The lowest BCUT2D eigenvalue weighted by atomic mass is 10.1. The number of alkyl halides is 1. The quantitative estimate of drug-likeness (QED) is 0.824.